The van der Waals surface area contributed by atoms with Gasteiger partial charge in [0.1, 0.15) is 5.01 Å². The number of anilines is 1. The second-order valence-electron chi connectivity index (χ2n) is 7.29. The molecular formula is C22H22N6OS2. The molecule has 1 atom stereocenters. The summed E-state index contributed by atoms with van der Waals surface area (Å²) in [5.74, 6) is 0. The summed E-state index contributed by atoms with van der Waals surface area (Å²) in [4.78, 5) is 18.0. The minimum atomic E-state index is -0.0362. The van der Waals surface area contributed by atoms with E-state index in [1.54, 1.807) is 36.0 Å². The summed E-state index contributed by atoms with van der Waals surface area (Å²) in [6.07, 6.45) is 6.43. The molecule has 0 amide bonds. The Balaban J connectivity index is 1.31. The molecule has 158 valence electrons. The van der Waals surface area contributed by atoms with Crippen LogP contribution in [0.15, 0.2) is 48.9 Å². The Morgan fingerprint density at radius 3 is 2.97 bits per heavy atom. The molecule has 0 spiro atoms. The number of methoxy groups -OCH3 is 1. The number of rotatable bonds is 8. The first kappa shape index (κ1) is 20.1. The number of ether oxygens (including phenoxy) is 1. The Morgan fingerprint density at radius 1 is 1.19 bits per heavy atom. The van der Waals surface area contributed by atoms with E-state index in [-0.39, 0.29) is 6.04 Å². The van der Waals surface area contributed by atoms with Gasteiger partial charge in [-0.1, -0.05) is 29.5 Å². The highest BCUT2D eigenvalue weighted by atomic mass is 32.1. The SMILES string of the molecule is COCc1nc(NCC(N)Cc2c[nH]c3ccccc23)sc1-c1nc2ccncc2s1. The van der Waals surface area contributed by atoms with Crippen LogP contribution in [0.25, 0.3) is 31.0 Å². The lowest BCUT2D eigenvalue weighted by molar-refractivity contribution is 0.182. The van der Waals surface area contributed by atoms with Crippen LogP contribution in [-0.2, 0) is 17.8 Å². The zero-order chi connectivity index (χ0) is 21.2. The quantitative estimate of drug-likeness (QED) is 0.323. The maximum atomic E-state index is 6.43. The van der Waals surface area contributed by atoms with Crippen molar-refractivity contribution in [2.45, 2.75) is 19.1 Å². The van der Waals surface area contributed by atoms with E-state index in [9.17, 15) is 0 Å². The van der Waals surface area contributed by atoms with Crippen LogP contribution in [0.2, 0.25) is 0 Å². The van der Waals surface area contributed by atoms with Gasteiger partial charge in [-0.05, 0) is 24.1 Å². The van der Waals surface area contributed by atoms with E-state index in [2.05, 4.69) is 33.5 Å². The van der Waals surface area contributed by atoms with Gasteiger partial charge in [0, 0.05) is 49.2 Å². The van der Waals surface area contributed by atoms with E-state index < -0.39 is 0 Å². The Hall–Kier alpha value is -2.85. The van der Waals surface area contributed by atoms with E-state index in [0.717, 1.165) is 42.9 Å². The number of hydrogen-bond acceptors (Lipinski definition) is 8. The Labute approximate surface area is 187 Å². The molecule has 0 aliphatic heterocycles. The molecule has 4 aromatic heterocycles. The average Bonchev–Trinajstić information content (AvgIpc) is 3.49. The lowest BCUT2D eigenvalue weighted by Crippen LogP contribution is -2.31. The summed E-state index contributed by atoms with van der Waals surface area (Å²) in [5, 5.41) is 6.39. The standard InChI is InChI=1S/C22H22N6OS2/c1-29-12-18-20(21-27-17-6-7-24-11-19(17)30-21)31-22(28-18)26-10-14(23)8-13-9-25-16-5-3-2-4-15(13)16/h2-7,9,11,14,25H,8,10,12,23H2,1H3,(H,26,28). The largest absolute Gasteiger partial charge is 0.378 e. The molecule has 0 saturated carbocycles. The highest BCUT2D eigenvalue weighted by molar-refractivity contribution is 7.26. The number of para-hydroxylation sites is 1. The minimum Gasteiger partial charge on any atom is -0.378 e. The lowest BCUT2D eigenvalue weighted by atomic mass is 10.1. The predicted octanol–water partition coefficient (Wildman–Crippen LogP) is 4.42. The Morgan fingerprint density at radius 2 is 2.10 bits per heavy atom. The van der Waals surface area contributed by atoms with Gasteiger partial charge in [0.05, 0.1) is 27.4 Å². The molecule has 0 saturated heterocycles. The number of nitrogens with two attached hydrogens (primary N) is 1. The molecule has 5 aromatic rings. The predicted molar refractivity (Wildman–Crippen MR) is 128 cm³/mol. The van der Waals surface area contributed by atoms with Crippen molar-refractivity contribution in [3.05, 3.63) is 60.2 Å². The number of benzene rings is 1. The molecule has 0 aliphatic rings. The molecule has 0 radical (unpaired) electrons. The number of hydrogen-bond donors (Lipinski definition) is 3. The summed E-state index contributed by atoms with van der Waals surface area (Å²) >= 11 is 3.20. The molecule has 9 heteroatoms. The van der Waals surface area contributed by atoms with E-state index >= 15 is 0 Å². The van der Waals surface area contributed by atoms with Gasteiger partial charge in [0.15, 0.2) is 5.13 Å². The van der Waals surface area contributed by atoms with Gasteiger partial charge in [-0.25, -0.2) is 9.97 Å². The molecule has 4 N–H and O–H groups in total. The van der Waals surface area contributed by atoms with E-state index in [0.29, 0.717) is 13.2 Å². The van der Waals surface area contributed by atoms with Crippen molar-refractivity contribution in [3.8, 4) is 9.88 Å². The van der Waals surface area contributed by atoms with Crippen LogP contribution in [0.4, 0.5) is 5.13 Å². The van der Waals surface area contributed by atoms with Crippen molar-refractivity contribution in [2.75, 3.05) is 19.0 Å². The fourth-order valence-corrected chi connectivity index (χ4v) is 5.58. The monoisotopic (exact) mass is 450 g/mol. The first-order valence-electron chi connectivity index (χ1n) is 9.95. The minimum absolute atomic E-state index is 0.0362. The van der Waals surface area contributed by atoms with Crippen molar-refractivity contribution in [1.82, 2.24) is 19.9 Å². The normalized spacial score (nSPS) is 12.6. The number of pyridine rings is 1. The van der Waals surface area contributed by atoms with Crippen LogP contribution in [0, 0.1) is 0 Å². The smallest absolute Gasteiger partial charge is 0.183 e. The van der Waals surface area contributed by atoms with E-state index in [1.165, 1.54) is 10.9 Å². The van der Waals surface area contributed by atoms with Gasteiger partial charge in [-0.3, -0.25) is 4.98 Å². The highest BCUT2D eigenvalue weighted by Crippen LogP contribution is 2.37. The second kappa shape index (κ2) is 8.72. The molecule has 1 unspecified atom stereocenters. The number of aromatic nitrogens is 4. The molecule has 0 fully saturated rings. The van der Waals surface area contributed by atoms with Crippen LogP contribution >= 0.6 is 22.7 Å². The Bertz CT molecular complexity index is 1290. The fourth-order valence-electron chi connectivity index (χ4n) is 3.58. The second-order valence-corrected chi connectivity index (χ2v) is 9.32. The van der Waals surface area contributed by atoms with Crippen molar-refractivity contribution in [3.63, 3.8) is 0 Å². The van der Waals surface area contributed by atoms with Gasteiger partial charge in [0.2, 0.25) is 0 Å². The third-order valence-electron chi connectivity index (χ3n) is 5.04. The summed E-state index contributed by atoms with van der Waals surface area (Å²) in [6.45, 7) is 1.06. The van der Waals surface area contributed by atoms with Crippen molar-refractivity contribution in [1.29, 1.82) is 0 Å². The van der Waals surface area contributed by atoms with Gasteiger partial charge >= 0.3 is 0 Å². The van der Waals surface area contributed by atoms with Crippen molar-refractivity contribution >= 4 is 48.9 Å². The van der Waals surface area contributed by atoms with Gasteiger partial charge < -0.3 is 20.8 Å². The molecule has 7 nitrogen and oxygen atoms in total. The number of H-pyrrole nitrogens is 1. The first-order chi connectivity index (χ1) is 15.2. The number of fused-ring (bicyclic) bond motifs is 2. The van der Waals surface area contributed by atoms with Crippen molar-refractivity contribution in [2.24, 2.45) is 5.73 Å². The summed E-state index contributed by atoms with van der Waals surface area (Å²) < 4.78 is 6.43. The van der Waals surface area contributed by atoms with Crippen LogP contribution in [0.5, 0.6) is 0 Å². The van der Waals surface area contributed by atoms with Gasteiger partial charge in [-0.15, -0.1) is 11.3 Å². The number of nitrogens with zero attached hydrogens (tertiary/aromatic N) is 3. The summed E-state index contributed by atoms with van der Waals surface area (Å²) in [5.41, 5.74) is 10.6. The third-order valence-corrected chi connectivity index (χ3v) is 7.25. The first-order valence-corrected chi connectivity index (χ1v) is 11.6. The fraction of sp³-hybridized carbons (Fsp3) is 0.227. The lowest BCUT2D eigenvalue weighted by Gasteiger charge is -2.11. The molecule has 4 heterocycles. The zero-order valence-corrected chi connectivity index (χ0v) is 18.6. The highest BCUT2D eigenvalue weighted by Gasteiger charge is 2.18. The maximum Gasteiger partial charge on any atom is 0.183 e. The summed E-state index contributed by atoms with van der Waals surface area (Å²) in [6, 6.07) is 10.2. The summed E-state index contributed by atoms with van der Waals surface area (Å²) in [7, 11) is 1.68. The van der Waals surface area contributed by atoms with Crippen molar-refractivity contribution < 1.29 is 4.74 Å². The number of thiazole rings is 2. The van der Waals surface area contributed by atoms with Crippen LogP contribution in [-0.4, -0.2) is 39.6 Å². The zero-order valence-electron chi connectivity index (χ0n) is 17.0. The van der Waals surface area contributed by atoms with Crippen LogP contribution < -0.4 is 11.1 Å². The topological polar surface area (TPSA) is 102 Å². The average molecular weight is 451 g/mol. The molecule has 5 rings (SSSR count). The maximum absolute atomic E-state index is 6.43. The molecule has 1 aromatic carbocycles. The third kappa shape index (κ3) is 4.17. The molecule has 0 bridgehead atoms. The van der Waals surface area contributed by atoms with Crippen LogP contribution in [0.1, 0.15) is 11.3 Å². The van der Waals surface area contributed by atoms with E-state index in [4.69, 9.17) is 20.4 Å². The Kier molecular flexibility index (Phi) is 5.65. The number of nitrogens with one attached hydrogen (secondary N) is 2. The molecule has 0 aliphatic carbocycles. The van der Waals surface area contributed by atoms with Gasteiger partial charge in [0.25, 0.3) is 0 Å². The molecule has 31 heavy (non-hydrogen) atoms. The molecular weight excluding hydrogens is 428 g/mol. The number of aromatic amines is 1. The van der Waals surface area contributed by atoms with Crippen LogP contribution in [0.3, 0.4) is 0 Å². The van der Waals surface area contributed by atoms with Gasteiger partial charge in [-0.2, -0.15) is 0 Å². The van der Waals surface area contributed by atoms with E-state index in [1.807, 2.05) is 24.5 Å².